The van der Waals surface area contributed by atoms with Gasteiger partial charge < -0.3 is 24.6 Å². The van der Waals surface area contributed by atoms with Crippen LogP contribution in [0, 0.1) is 12.3 Å². The number of aromatic carboxylic acids is 1. The van der Waals surface area contributed by atoms with E-state index in [1.54, 1.807) is 30.3 Å². The van der Waals surface area contributed by atoms with Crippen molar-refractivity contribution in [1.82, 2.24) is 4.90 Å². The predicted octanol–water partition coefficient (Wildman–Crippen LogP) is 6.77. The Morgan fingerprint density at radius 2 is 1.69 bits per heavy atom. The molecule has 0 atom stereocenters. The maximum Gasteiger partial charge on any atom is 0.337 e. The Balaban J connectivity index is 1.21. The van der Waals surface area contributed by atoms with E-state index in [0.29, 0.717) is 17.9 Å². The van der Waals surface area contributed by atoms with Crippen LogP contribution in [0.4, 0.5) is 11.4 Å². The molecule has 0 spiro atoms. The first-order chi connectivity index (χ1) is 20.3. The van der Waals surface area contributed by atoms with E-state index >= 15 is 0 Å². The molecule has 2 aliphatic rings. The summed E-state index contributed by atoms with van der Waals surface area (Å²) in [5, 5.41) is 12.4. The molecule has 1 aromatic heterocycles. The fraction of sp³-hybridized carbons (Fsp3) is 0.441. The van der Waals surface area contributed by atoms with Crippen LogP contribution in [-0.2, 0) is 4.79 Å². The number of hydrogen-bond donors (Lipinski definition) is 2. The van der Waals surface area contributed by atoms with Gasteiger partial charge in [0.05, 0.1) is 17.5 Å². The number of para-hydroxylation sites is 1. The number of benzene rings is 2. The number of nitrogens with one attached hydrogen (secondary N) is 1. The minimum absolute atomic E-state index is 0.0743. The van der Waals surface area contributed by atoms with Crippen LogP contribution in [-0.4, -0.2) is 53.5 Å². The lowest BCUT2D eigenvalue weighted by Crippen LogP contribution is -2.48. The van der Waals surface area contributed by atoms with Crippen LogP contribution in [0.1, 0.15) is 84.3 Å². The molecule has 2 N–H and O–H groups in total. The van der Waals surface area contributed by atoms with E-state index in [-0.39, 0.29) is 28.8 Å². The van der Waals surface area contributed by atoms with Gasteiger partial charge in [0.15, 0.2) is 5.76 Å². The second-order valence-corrected chi connectivity index (χ2v) is 11.9. The summed E-state index contributed by atoms with van der Waals surface area (Å²) in [6, 6.07) is 18.2. The maximum absolute atomic E-state index is 13.5. The van der Waals surface area contributed by atoms with Crippen LogP contribution in [0.5, 0.6) is 0 Å². The fourth-order valence-electron chi connectivity index (χ4n) is 6.65. The number of rotatable bonds is 10. The third kappa shape index (κ3) is 7.10. The van der Waals surface area contributed by atoms with Gasteiger partial charge in [0.25, 0.3) is 5.91 Å². The minimum Gasteiger partial charge on any atom is -0.478 e. The summed E-state index contributed by atoms with van der Waals surface area (Å²) >= 11 is 0. The van der Waals surface area contributed by atoms with Gasteiger partial charge in [0.1, 0.15) is 0 Å². The fourth-order valence-corrected chi connectivity index (χ4v) is 6.65. The van der Waals surface area contributed by atoms with E-state index in [4.69, 9.17) is 4.42 Å². The zero-order chi connectivity index (χ0) is 29.5. The first-order valence-electron chi connectivity index (χ1n) is 15.1. The molecule has 0 unspecified atom stereocenters. The molecule has 222 valence electrons. The number of carboxylic acid groups (broad SMARTS) is 1. The Morgan fingerprint density at radius 1 is 0.976 bits per heavy atom. The maximum atomic E-state index is 13.5. The number of furan rings is 1. The van der Waals surface area contributed by atoms with E-state index in [9.17, 15) is 19.5 Å². The van der Waals surface area contributed by atoms with Gasteiger partial charge in [-0.25, -0.2) is 4.79 Å². The molecular weight excluding hydrogens is 530 g/mol. The molecule has 8 nitrogen and oxygen atoms in total. The normalized spacial score (nSPS) is 17.5. The van der Waals surface area contributed by atoms with Gasteiger partial charge in [0, 0.05) is 31.2 Å². The molecule has 42 heavy (non-hydrogen) atoms. The van der Waals surface area contributed by atoms with E-state index < -0.39 is 5.97 Å². The minimum atomic E-state index is -1.05. The van der Waals surface area contributed by atoms with Crippen LogP contribution in [0.15, 0.2) is 71.3 Å². The first kappa shape index (κ1) is 29.6. The molecular formula is C34H41N3O5. The number of hydrogen-bond acceptors (Lipinski definition) is 5. The molecule has 2 aromatic carbocycles. The van der Waals surface area contributed by atoms with Gasteiger partial charge in [-0.05, 0) is 87.4 Å². The topological polar surface area (TPSA) is 103 Å². The standard InChI is InChI=1S/C34H41N3O5/c1-25-11-13-26(14-12-25)37(32(39)30-10-7-23-42-30)27-15-20-36(21-16-27)22-19-34(17-5-2-6-18-34)24-31(38)35-29-9-4-3-8-28(29)33(40)41/h3-4,7-14,23,27H,2,5-6,15-22,24H2,1H3,(H,35,38)(H,40,41). The Bertz CT molecular complexity index is 1350. The molecule has 8 heteroatoms. The molecule has 2 fully saturated rings. The molecule has 1 saturated heterocycles. The number of carboxylic acids is 1. The molecule has 1 aliphatic heterocycles. The third-order valence-electron chi connectivity index (χ3n) is 9.02. The number of likely N-dealkylation sites (tertiary alicyclic amines) is 1. The van der Waals surface area contributed by atoms with Crippen molar-refractivity contribution in [2.24, 2.45) is 5.41 Å². The van der Waals surface area contributed by atoms with Crippen molar-refractivity contribution in [3.05, 3.63) is 83.8 Å². The number of aryl methyl sites for hydroxylation is 1. The van der Waals surface area contributed by atoms with Crippen molar-refractivity contribution < 1.29 is 23.9 Å². The second kappa shape index (κ2) is 13.4. The summed E-state index contributed by atoms with van der Waals surface area (Å²) in [5.74, 6) is -0.927. The Hall–Kier alpha value is -3.91. The molecule has 1 aliphatic carbocycles. The van der Waals surface area contributed by atoms with Crippen molar-refractivity contribution in [3.8, 4) is 0 Å². The Morgan fingerprint density at radius 3 is 2.36 bits per heavy atom. The number of nitrogens with zero attached hydrogens (tertiary/aromatic N) is 2. The molecule has 1 saturated carbocycles. The number of carbonyl (C=O) groups excluding carboxylic acids is 2. The average Bonchev–Trinajstić information content (AvgIpc) is 3.54. The van der Waals surface area contributed by atoms with Crippen LogP contribution in [0.25, 0.3) is 0 Å². The van der Waals surface area contributed by atoms with Crippen LogP contribution < -0.4 is 10.2 Å². The largest absolute Gasteiger partial charge is 0.478 e. The highest BCUT2D eigenvalue weighted by atomic mass is 16.4. The van der Waals surface area contributed by atoms with Crippen molar-refractivity contribution in [3.63, 3.8) is 0 Å². The van der Waals surface area contributed by atoms with Crippen molar-refractivity contribution >= 4 is 29.2 Å². The van der Waals surface area contributed by atoms with E-state index in [1.165, 1.54) is 18.8 Å². The number of anilines is 2. The second-order valence-electron chi connectivity index (χ2n) is 11.9. The molecule has 0 radical (unpaired) electrons. The van der Waals surface area contributed by atoms with Gasteiger partial charge in [-0.2, -0.15) is 0 Å². The predicted molar refractivity (Wildman–Crippen MR) is 163 cm³/mol. The van der Waals surface area contributed by atoms with Crippen molar-refractivity contribution in [2.75, 3.05) is 29.9 Å². The zero-order valence-corrected chi connectivity index (χ0v) is 24.4. The van der Waals surface area contributed by atoms with Gasteiger partial charge in [-0.3, -0.25) is 9.59 Å². The highest BCUT2D eigenvalue weighted by Gasteiger charge is 2.36. The van der Waals surface area contributed by atoms with Gasteiger partial charge in [0.2, 0.25) is 5.91 Å². The van der Waals surface area contributed by atoms with Crippen LogP contribution >= 0.6 is 0 Å². The summed E-state index contributed by atoms with van der Waals surface area (Å²) in [5.41, 5.74) is 2.41. The summed E-state index contributed by atoms with van der Waals surface area (Å²) in [4.78, 5) is 42.6. The lowest BCUT2D eigenvalue weighted by atomic mass is 9.69. The van der Waals surface area contributed by atoms with Gasteiger partial charge in [-0.15, -0.1) is 0 Å². The molecule has 5 rings (SSSR count). The third-order valence-corrected chi connectivity index (χ3v) is 9.02. The summed E-state index contributed by atoms with van der Waals surface area (Å²) in [6.45, 7) is 4.71. The first-order valence-corrected chi connectivity index (χ1v) is 15.1. The smallest absolute Gasteiger partial charge is 0.337 e. The SMILES string of the molecule is Cc1ccc(N(C(=O)c2ccco2)C2CCN(CCC3(CC(=O)Nc4ccccc4C(=O)O)CCCCC3)CC2)cc1. The molecule has 3 aromatic rings. The Labute approximate surface area is 247 Å². The molecule has 2 amide bonds. The van der Waals surface area contributed by atoms with Gasteiger partial charge >= 0.3 is 5.97 Å². The molecule has 2 heterocycles. The quantitative estimate of drug-likeness (QED) is 0.279. The van der Waals surface area contributed by atoms with Crippen LogP contribution in [0.3, 0.4) is 0 Å². The Kier molecular flexibility index (Phi) is 9.42. The lowest BCUT2D eigenvalue weighted by molar-refractivity contribution is -0.119. The van der Waals surface area contributed by atoms with Crippen molar-refractivity contribution in [2.45, 2.75) is 70.8 Å². The lowest BCUT2D eigenvalue weighted by Gasteiger charge is -2.41. The number of piperidine rings is 1. The van der Waals surface area contributed by atoms with Crippen LogP contribution in [0.2, 0.25) is 0 Å². The summed E-state index contributed by atoms with van der Waals surface area (Å²) in [7, 11) is 0. The van der Waals surface area contributed by atoms with Gasteiger partial charge in [-0.1, -0.05) is 49.1 Å². The highest BCUT2D eigenvalue weighted by Crippen LogP contribution is 2.43. The van der Waals surface area contributed by atoms with E-state index in [0.717, 1.165) is 75.8 Å². The summed E-state index contributed by atoms with van der Waals surface area (Å²) in [6.07, 6.45) is 10.0. The zero-order valence-electron chi connectivity index (χ0n) is 24.4. The monoisotopic (exact) mass is 571 g/mol. The number of carbonyl (C=O) groups is 3. The summed E-state index contributed by atoms with van der Waals surface area (Å²) < 4.78 is 5.47. The number of amides is 2. The van der Waals surface area contributed by atoms with E-state index in [2.05, 4.69) is 10.2 Å². The van der Waals surface area contributed by atoms with Crippen molar-refractivity contribution in [1.29, 1.82) is 0 Å². The average molecular weight is 572 g/mol. The van der Waals surface area contributed by atoms with E-state index in [1.807, 2.05) is 36.1 Å². The molecule has 0 bridgehead atoms. The highest BCUT2D eigenvalue weighted by molar-refractivity contribution is 6.04.